The highest BCUT2D eigenvalue weighted by Gasteiger charge is 2.15. The van der Waals surface area contributed by atoms with E-state index in [9.17, 15) is 4.79 Å². The minimum absolute atomic E-state index is 0.126. The first kappa shape index (κ1) is 12.1. The Morgan fingerprint density at radius 1 is 1.67 bits per heavy atom. The lowest BCUT2D eigenvalue weighted by atomic mass is 10.3. The van der Waals surface area contributed by atoms with Gasteiger partial charge in [-0.25, -0.2) is 4.98 Å². The lowest BCUT2D eigenvalue weighted by Gasteiger charge is -2.17. The summed E-state index contributed by atoms with van der Waals surface area (Å²) in [7, 11) is 1.84. The van der Waals surface area contributed by atoms with E-state index in [2.05, 4.69) is 10.3 Å². The van der Waals surface area contributed by atoms with E-state index in [-0.39, 0.29) is 5.91 Å². The highest BCUT2D eigenvalue weighted by molar-refractivity contribution is 7.14. The largest absolute Gasteiger partial charge is 0.319 e. The molecule has 1 N–H and O–H groups in total. The Labute approximate surface area is 94.3 Å². The molecular weight excluding hydrogens is 210 g/mol. The van der Waals surface area contributed by atoms with Crippen LogP contribution in [0.4, 0.5) is 5.13 Å². The molecule has 0 aliphatic rings. The molecule has 0 atom stereocenters. The molecule has 15 heavy (non-hydrogen) atoms. The normalized spacial score (nSPS) is 10.3. The summed E-state index contributed by atoms with van der Waals surface area (Å²) in [5.41, 5.74) is 0.967. The van der Waals surface area contributed by atoms with Gasteiger partial charge < -0.3 is 5.32 Å². The summed E-state index contributed by atoms with van der Waals surface area (Å²) in [5.74, 6) is 0.126. The highest BCUT2D eigenvalue weighted by Crippen LogP contribution is 2.20. The van der Waals surface area contributed by atoms with Crippen LogP contribution < -0.4 is 10.2 Å². The molecular formula is C10H17N3OS. The molecule has 0 spiro atoms. The van der Waals surface area contributed by atoms with Crippen molar-refractivity contribution >= 4 is 22.4 Å². The topological polar surface area (TPSA) is 45.2 Å². The summed E-state index contributed by atoms with van der Waals surface area (Å²) in [6.45, 7) is 5.29. The average molecular weight is 227 g/mol. The highest BCUT2D eigenvalue weighted by atomic mass is 32.1. The van der Waals surface area contributed by atoms with Gasteiger partial charge in [-0.2, -0.15) is 0 Å². The molecule has 0 fully saturated rings. The van der Waals surface area contributed by atoms with E-state index >= 15 is 0 Å². The number of amides is 1. The van der Waals surface area contributed by atoms with E-state index in [1.165, 1.54) is 11.3 Å². The predicted octanol–water partition coefficient (Wildman–Crippen LogP) is 1.41. The maximum atomic E-state index is 11.8. The summed E-state index contributed by atoms with van der Waals surface area (Å²) in [5, 5.41) is 5.73. The van der Waals surface area contributed by atoms with Crippen molar-refractivity contribution < 1.29 is 4.79 Å². The SMILES string of the molecule is CCN(C(=O)CCNC)c1nc(C)cs1. The Kier molecular flexibility index (Phi) is 4.71. The molecule has 0 aliphatic heterocycles. The second-order valence-corrected chi connectivity index (χ2v) is 4.10. The first-order valence-corrected chi connectivity index (χ1v) is 5.94. The monoisotopic (exact) mass is 227 g/mol. The number of rotatable bonds is 5. The van der Waals surface area contributed by atoms with E-state index in [1.807, 2.05) is 26.3 Å². The molecule has 0 bridgehead atoms. The Morgan fingerprint density at radius 2 is 2.40 bits per heavy atom. The summed E-state index contributed by atoms with van der Waals surface area (Å²) in [6, 6.07) is 0. The summed E-state index contributed by atoms with van der Waals surface area (Å²) >= 11 is 1.52. The minimum Gasteiger partial charge on any atom is -0.319 e. The molecule has 0 radical (unpaired) electrons. The number of carbonyl (C=O) groups excluding carboxylic acids is 1. The first-order valence-electron chi connectivity index (χ1n) is 5.06. The third-order valence-electron chi connectivity index (χ3n) is 2.04. The van der Waals surface area contributed by atoms with Gasteiger partial charge in [0.2, 0.25) is 5.91 Å². The number of hydrogen-bond acceptors (Lipinski definition) is 4. The second-order valence-electron chi connectivity index (χ2n) is 3.26. The van der Waals surface area contributed by atoms with E-state index < -0.39 is 0 Å². The van der Waals surface area contributed by atoms with Crippen molar-refractivity contribution in [1.29, 1.82) is 0 Å². The lowest BCUT2D eigenvalue weighted by molar-refractivity contribution is -0.118. The fourth-order valence-electron chi connectivity index (χ4n) is 1.25. The number of thiazole rings is 1. The minimum atomic E-state index is 0.126. The van der Waals surface area contributed by atoms with Crippen LogP contribution in [0.15, 0.2) is 5.38 Å². The van der Waals surface area contributed by atoms with Crippen molar-refractivity contribution in [2.75, 3.05) is 25.0 Å². The zero-order valence-corrected chi connectivity index (χ0v) is 10.2. The van der Waals surface area contributed by atoms with Crippen molar-refractivity contribution in [3.05, 3.63) is 11.1 Å². The van der Waals surface area contributed by atoms with Crippen molar-refractivity contribution in [2.45, 2.75) is 20.3 Å². The number of aryl methyl sites for hydroxylation is 1. The quantitative estimate of drug-likeness (QED) is 0.827. The van der Waals surface area contributed by atoms with Crippen molar-refractivity contribution in [3.63, 3.8) is 0 Å². The first-order chi connectivity index (χ1) is 7.19. The van der Waals surface area contributed by atoms with Gasteiger partial charge in [-0.05, 0) is 20.9 Å². The van der Waals surface area contributed by atoms with E-state index in [0.29, 0.717) is 19.5 Å². The van der Waals surface area contributed by atoms with Crippen molar-refractivity contribution in [3.8, 4) is 0 Å². The number of aromatic nitrogens is 1. The summed E-state index contributed by atoms with van der Waals surface area (Å²) in [6.07, 6.45) is 0.517. The molecule has 1 aromatic heterocycles. The van der Waals surface area contributed by atoms with Crippen LogP contribution in [0.3, 0.4) is 0 Å². The van der Waals surface area contributed by atoms with Crippen LogP contribution in [0.1, 0.15) is 19.0 Å². The summed E-state index contributed by atoms with van der Waals surface area (Å²) in [4.78, 5) is 17.8. The Morgan fingerprint density at radius 3 is 2.87 bits per heavy atom. The molecule has 0 unspecified atom stereocenters. The molecule has 0 saturated heterocycles. The van der Waals surface area contributed by atoms with Gasteiger partial charge in [0, 0.05) is 24.9 Å². The molecule has 1 rings (SSSR count). The number of hydrogen-bond donors (Lipinski definition) is 1. The predicted molar refractivity (Wildman–Crippen MR) is 63.4 cm³/mol. The smallest absolute Gasteiger partial charge is 0.230 e. The maximum absolute atomic E-state index is 11.8. The van der Waals surface area contributed by atoms with Gasteiger partial charge in [0.15, 0.2) is 5.13 Å². The molecule has 1 amide bonds. The molecule has 0 saturated carbocycles. The third kappa shape index (κ3) is 3.28. The van der Waals surface area contributed by atoms with Gasteiger partial charge >= 0.3 is 0 Å². The fourth-order valence-corrected chi connectivity index (χ4v) is 2.13. The van der Waals surface area contributed by atoms with Crippen molar-refractivity contribution in [2.24, 2.45) is 0 Å². The molecule has 4 nitrogen and oxygen atoms in total. The summed E-state index contributed by atoms with van der Waals surface area (Å²) < 4.78 is 0. The molecule has 5 heteroatoms. The third-order valence-corrected chi connectivity index (χ3v) is 3.03. The van der Waals surface area contributed by atoms with Gasteiger partial charge in [-0.1, -0.05) is 0 Å². The van der Waals surface area contributed by atoms with Gasteiger partial charge in [-0.15, -0.1) is 11.3 Å². The number of carbonyl (C=O) groups is 1. The Balaban J connectivity index is 2.66. The molecule has 1 aromatic rings. The van der Waals surface area contributed by atoms with Gasteiger partial charge in [0.05, 0.1) is 5.69 Å². The molecule has 0 aliphatic carbocycles. The molecule has 1 heterocycles. The van der Waals surface area contributed by atoms with Gasteiger partial charge in [-0.3, -0.25) is 9.69 Å². The van der Waals surface area contributed by atoms with Gasteiger partial charge in [0.25, 0.3) is 0 Å². The van der Waals surface area contributed by atoms with Crippen LogP contribution in [0.2, 0.25) is 0 Å². The zero-order valence-electron chi connectivity index (χ0n) is 9.41. The van der Waals surface area contributed by atoms with Crippen LogP contribution in [-0.2, 0) is 4.79 Å². The van der Waals surface area contributed by atoms with Crippen LogP contribution in [0, 0.1) is 6.92 Å². The average Bonchev–Trinajstić information content (AvgIpc) is 2.63. The van der Waals surface area contributed by atoms with E-state index in [1.54, 1.807) is 4.90 Å². The Hall–Kier alpha value is -0.940. The van der Waals surface area contributed by atoms with Crippen molar-refractivity contribution in [1.82, 2.24) is 10.3 Å². The maximum Gasteiger partial charge on any atom is 0.230 e. The van der Waals surface area contributed by atoms with Crippen LogP contribution in [0.25, 0.3) is 0 Å². The zero-order chi connectivity index (χ0) is 11.3. The number of nitrogens with one attached hydrogen (secondary N) is 1. The molecule has 0 aromatic carbocycles. The van der Waals surface area contributed by atoms with E-state index in [0.717, 1.165) is 10.8 Å². The van der Waals surface area contributed by atoms with Crippen LogP contribution >= 0.6 is 11.3 Å². The Bertz CT molecular complexity index is 324. The van der Waals surface area contributed by atoms with E-state index in [4.69, 9.17) is 0 Å². The fraction of sp³-hybridized carbons (Fsp3) is 0.600. The molecule has 84 valence electrons. The second kappa shape index (κ2) is 5.82. The van der Waals surface area contributed by atoms with Crippen LogP contribution in [0.5, 0.6) is 0 Å². The number of nitrogens with zero attached hydrogens (tertiary/aromatic N) is 2. The standard InChI is InChI=1S/C10H17N3OS/c1-4-13(9(14)5-6-11-3)10-12-8(2)7-15-10/h7,11H,4-6H2,1-3H3. The van der Waals surface area contributed by atoms with Gasteiger partial charge in [0.1, 0.15) is 0 Å². The van der Waals surface area contributed by atoms with Crippen LogP contribution in [-0.4, -0.2) is 31.0 Å². The lowest BCUT2D eigenvalue weighted by Crippen LogP contribution is -2.32. The number of anilines is 1.